The standard InChI is InChI=1S/C24H25F2N3O3/c1-3-17-13-18(23-28-22(15-30)32-29-23)8-9-19(17)14-27-21(31)12-7-16-5-10-20(11-6-16)24(25,26)4-2/h5-13,30H,3-4,14-15H2,1-2H3,(H,27,31)/b12-7+. The Kier molecular flexibility index (Phi) is 7.48. The number of hydrogen-bond acceptors (Lipinski definition) is 5. The molecule has 32 heavy (non-hydrogen) atoms. The van der Waals surface area contributed by atoms with Gasteiger partial charge in [0.1, 0.15) is 6.61 Å². The van der Waals surface area contributed by atoms with Crippen LogP contribution in [0.15, 0.2) is 53.1 Å². The van der Waals surface area contributed by atoms with Crippen LogP contribution in [-0.2, 0) is 30.3 Å². The van der Waals surface area contributed by atoms with Gasteiger partial charge in [-0.15, -0.1) is 0 Å². The molecule has 3 aromatic rings. The predicted octanol–water partition coefficient (Wildman–Crippen LogP) is 4.62. The summed E-state index contributed by atoms with van der Waals surface area (Å²) in [5, 5.41) is 15.7. The van der Waals surface area contributed by atoms with E-state index in [1.54, 1.807) is 18.2 Å². The molecular weight excluding hydrogens is 416 g/mol. The van der Waals surface area contributed by atoms with E-state index in [0.717, 1.165) is 23.1 Å². The van der Waals surface area contributed by atoms with Crippen LogP contribution in [0.2, 0.25) is 0 Å². The fraction of sp³-hybridized carbons (Fsp3) is 0.292. The van der Waals surface area contributed by atoms with Crippen LogP contribution in [0.3, 0.4) is 0 Å². The number of alkyl halides is 2. The van der Waals surface area contributed by atoms with E-state index in [9.17, 15) is 13.6 Å². The van der Waals surface area contributed by atoms with Crippen molar-refractivity contribution in [3.05, 3.63) is 76.7 Å². The second kappa shape index (κ2) is 10.3. The van der Waals surface area contributed by atoms with Crippen LogP contribution in [0, 0.1) is 0 Å². The number of halogens is 2. The Morgan fingerprint density at radius 3 is 2.53 bits per heavy atom. The number of amides is 1. The third-order valence-electron chi connectivity index (χ3n) is 5.11. The first-order chi connectivity index (χ1) is 15.4. The highest BCUT2D eigenvalue weighted by Crippen LogP contribution is 2.31. The Balaban J connectivity index is 1.61. The molecule has 2 aromatic carbocycles. The summed E-state index contributed by atoms with van der Waals surface area (Å²) < 4.78 is 32.3. The zero-order chi connectivity index (χ0) is 23.1. The van der Waals surface area contributed by atoms with E-state index in [-0.39, 0.29) is 30.4 Å². The van der Waals surface area contributed by atoms with Crippen LogP contribution in [0.4, 0.5) is 8.78 Å². The summed E-state index contributed by atoms with van der Waals surface area (Å²) in [6, 6.07) is 11.5. The summed E-state index contributed by atoms with van der Waals surface area (Å²) in [6.45, 7) is 3.46. The Hall–Kier alpha value is -3.39. The molecule has 168 valence electrons. The summed E-state index contributed by atoms with van der Waals surface area (Å²) in [4.78, 5) is 16.3. The SMILES string of the molecule is CCc1cc(-c2noc(CO)n2)ccc1CNC(=O)/C=C/c1ccc(C(F)(F)CC)cc1. The summed E-state index contributed by atoms with van der Waals surface area (Å²) in [6.07, 6.45) is 3.45. The van der Waals surface area contributed by atoms with Gasteiger partial charge in [-0.3, -0.25) is 4.79 Å². The van der Waals surface area contributed by atoms with Crippen LogP contribution in [0.5, 0.6) is 0 Å². The third-order valence-corrected chi connectivity index (χ3v) is 5.11. The zero-order valence-corrected chi connectivity index (χ0v) is 17.9. The molecule has 0 unspecified atom stereocenters. The normalized spacial score (nSPS) is 11.8. The molecule has 0 aliphatic rings. The highest BCUT2D eigenvalue weighted by molar-refractivity contribution is 5.91. The second-order valence-corrected chi connectivity index (χ2v) is 7.24. The number of aliphatic hydroxyl groups excluding tert-OH is 1. The molecule has 1 aromatic heterocycles. The average molecular weight is 441 g/mol. The molecule has 0 bridgehead atoms. The van der Waals surface area contributed by atoms with E-state index in [4.69, 9.17) is 9.63 Å². The molecule has 0 atom stereocenters. The van der Waals surface area contributed by atoms with Crippen LogP contribution in [-0.4, -0.2) is 21.2 Å². The topological polar surface area (TPSA) is 88.2 Å². The fourth-order valence-corrected chi connectivity index (χ4v) is 3.16. The smallest absolute Gasteiger partial charge is 0.273 e. The predicted molar refractivity (Wildman–Crippen MR) is 117 cm³/mol. The summed E-state index contributed by atoms with van der Waals surface area (Å²) in [7, 11) is 0. The lowest BCUT2D eigenvalue weighted by Crippen LogP contribution is -2.21. The molecule has 0 aliphatic carbocycles. The first-order valence-electron chi connectivity index (χ1n) is 10.4. The molecule has 0 saturated carbocycles. The molecule has 6 nitrogen and oxygen atoms in total. The second-order valence-electron chi connectivity index (χ2n) is 7.24. The van der Waals surface area contributed by atoms with Gasteiger partial charge in [-0.1, -0.05) is 55.4 Å². The number of aromatic nitrogens is 2. The van der Waals surface area contributed by atoms with E-state index in [1.807, 2.05) is 25.1 Å². The fourth-order valence-electron chi connectivity index (χ4n) is 3.16. The third kappa shape index (κ3) is 5.64. The van der Waals surface area contributed by atoms with Crippen LogP contribution in [0.1, 0.15) is 48.4 Å². The van der Waals surface area contributed by atoms with Crippen LogP contribution < -0.4 is 5.32 Å². The number of nitrogens with zero attached hydrogens (tertiary/aromatic N) is 2. The summed E-state index contributed by atoms with van der Waals surface area (Å²) in [5.74, 6) is -2.60. The maximum atomic E-state index is 13.7. The lowest BCUT2D eigenvalue weighted by molar-refractivity contribution is -0.116. The molecular formula is C24H25F2N3O3. The minimum Gasteiger partial charge on any atom is -0.387 e. The van der Waals surface area contributed by atoms with Crippen molar-refractivity contribution in [2.24, 2.45) is 0 Å². The number of aliphatic hydroxyl groups is 1. The quantitative estimate of drug-likeness (QED) is 0.473. The van der Waals surface area contributed by atoms with Crippen molar-refractivity contribution in [1.29, 1.82) is 0 Å². The van der Waals surface area contributed by atoms with Gasteiger partial charge in [0.15, 0.2) is 0 Å². The van der Waals surface area contributed by atoms with Crippen LogP contribution in [0.25, 0.3) is 17.5 Å². The molecule has 3 rings (SSSR count). The van der Waals surface area contributed by atoms with Crippen molar-refractivity contribution in [3.8, 4) is 11.4 Å². The molecule has 1 heterocycles. The molecule has 0 spiro atoms. The van der Waals surface area contributed by atoms with E-state index in [2.05, 4.69) is 15.5 Å². The monoisotopic (exact) mass is 441 g/mol. The first-order valence-corrected chi connectivity index (χ1v) is 10.4. The molecule has 0 saturated heterocycles. The number of rotatable bonds is 9. The van der Waals surface area contributed by atoms with Crippen molar-refractivity contribution in [2.45, 2.75) is 45.8 Å². The number of hydrogen-bond donors (Lipinski definition) is 2. The number of benzene rings is 2. The minimum absolute atomic E-state index is 0.0365. The molecule has 1 amide bonds. The number of aryl methyl sites for hydroxylation is 1. The molecule has 8 heteroatoms. The average Bonchev–Trinajstić information content (AvgIpc) is 3.31. The molecule has 2 N–H and O–H groups in total. The van der Waals surface area contributed by atoms with Gasteiger partial charge in [0, 0.05) is 30.2 Å². The van der Waals surface area contributed by atoms with Gasteiger partial charge in [0.05, 0.1) is 0 Å². The Morgan fingerprint density at radius 1 is 1.16 bits per heavy atom. The lowest BCUT2D eigenvalue weighted by atomic mass is 10.0. The van der Waals surface area contributed by atoms with Gasteiger partial charge in [-0.25, -0.2) is 8.78 Å². The van der Waals surface area contributed by atoms with Gasteiger partial charge in [0.2, 0.25) is 11.7 Å². The molecule has 0 aliphatic heterocycles. The van der Waals surface area contributed by atoms with E-state index in [1.165, 1.54) is 25.1 Å². The van der Waals surface area contributed by atoms with Crippen LogP contribution >= 0.6 is 0 Å². The van der Waals surface area contributed by atoms with E-state index >= 15 is 0 Å². The first kappa shape index (κ1) is 23.3. The van der Waals surface area contributed by atoms with Crippen molar-refractivity contribution < 1.29 is 23.2 Å². The zero-order valence-electron chi connectivity index (χ0n) is 17.9. The molecule has 0 radical (unpaired) electrons. The highest BCUT2D eigenvalue weighted by Gasteiger charge is 2.28. The van der Waals surface area contributed by atoms with E-state index < -0.39 is 5.92 Å². The van der Waals surface area contributed by atoms with Gasteiger partial charge in [-0.2, -0.15) is 4.98 Å². The summed E-state index contributed by atoms with van der Waals surface area (Å²) >= 11 is 0. The van der Waals surface area contributed by atoms with Gasteiger partial charge in [0.25, 0.3) is 11.8 Å². The maximum Gasteiger partial charge on any atom is 0.273 e. The summed E-state index contributed by atoms with van der Waals surface area (Å²) in [5.41, 5.74) is 3.37. The van der Waals surface area contributed by atoms with Crippen molar-refractivity contribution in [2.75, 3.05) is 0 Å². The Bertz CT molecular complexity index is 1090. The van der Waals surface area contributed by atoms with E-state index in [0.29, 0.717) is 17.9 Å². The number of carbonyl (C=O) groups is 1. The van der Waals surface area contributed by atoms with Crippen molar-refractivity contribution in [1.82, 2.24) is 15.5 Å². The Labute approximate surface area is 185 Å². The lowest BCUT2D eigenvalue weighted by Gasteiger charge is -2.14. The van der Waals surface area contributed by atoms with Crippen molar-refractivity contribution in [3.63, 3.8) is 0 Å². The maximum absolute atomic E-state index is 13.7. The molecule has 0 fully saturated rings. The number of carbonyl (C=O) groups excluding carboxylic acids is 1. The Morgan fingerprint density at radius 2 is 1.91 bits per heavy atom. The highest BCUT2D eigenvalue weighted by atomic mass is 19.3. The largest absolute Gasteiger partial charge is 0.387 e. The van der Waals surface area contributed by atoms with Gasteiger partial charge >= 0.3 is 0 Å². The van der Waals surface area contributed by atoms with Gasteiger partial charge < -0.3 is 14.9 Å². The number of nitrogens with one attached hydrogen (secondary N) is 1. The van der Waals surface area contributed by atoms with Gasteiger partial charge in [-0.05, 0) is 35.3 Å². The minimum atomic E-state index is -2.85. The van der Waals surface area contributed by atoms with Crippen molar-refractivity contribution >= 4 is 12.0 Å².